The molecule has 19 heavy (non-hydrogen) atoms. The predicted molar refractivity (Wildman–Crippen MR) is 72.4 cm³/mol. The molecule has 0 aromatic heterocycles. The Bertz CT molecular complexity index is 385. The SMILES string of the molecule is CC(C)NCc1cc(F)c(OCCN(C)C)c(F)c1. The van der Waals surface area contributed by atoms with Gasteiger partial charge in [-0.15, -0.1) is 0 Å². The molecule has 108 valence electrons. The van der Waals surface area contributed by atoms with Crippen LogP contribution in [-0.4, -0.2) is 38.2 Å². The second-order valence-electron chi connectivity index (χ2n) is 5.08. The van der Waals surface area contributed by atoms with Gasteiger partial charge in [0.15, 0.2) is 17.4 Å². The first-order valence-electron chi connectivity index (χ1n) is 6.39. The Morgan fingerprint density at radius 3 is 2.26 bits per heavy atom. The van der Waals surface area contributed by atoms with E-state index in [0.29, 0.717) is 18.7 Å². The van der Waals surface area contributed by atoms with Crippen LogP contribution in [0.4, 0.5) is 8.78 Å². The monoisotopic (exact) mass is 272 g/mol. The van der Waals surface area contributed by atoms with Crippen molar-refractivity contribution < 1.29 is 13.5 Å². The second kappa shape index (κ2) is 7.40. The number of nitrogens with zero attached hydrogens (tertiary/aromatic N) is 1. The van der Waals surface area contributed by atoms with Crippen molar-refractivity contribution in [2.75, 3.05) is 27.2 Å². The van der Waals surface area contributed by atoms with Gasteiger partial charge in [-0.3, -0.25) is 0 Å². The van der Waals surface area contributed by atoms with Gasteiger partial charge in [0.1, 0.15) is 6.61 Å². The Balaban J connectivity index is 2.68. The van der Waals surface area contributed by atoms with Gasteiger partial charge >= 0.3 is 0 Å². The highest BCUT2D eigenvalue weighted by atomic mass is 19.1. The lowest BCUT2D eigenvalue weighted by Crippen LogP contribution is -2.22. The van der Waals surface area contributed by atoms with Crippen LogP contribution < -0.4 is 10.1 Å². The normalized spacial score (nSPS) is 11.4. The third kappa shape index (κ3) is 5.53. The molecule has 0 fully saturated rings. The van der Waals surface area contributed by atoms with Crippen molar-refractivity contribution in [3.05, 3.63) is 29.3 Å². The standard InChI is InChI=1S/C14H22F2N2O/c1-10(2)17-9-11-7-12(15)14(13(16)8-11)19-6-5-18(3)4/h7-8,10,17H,5-6,9H2,1-4H3. The van der Waals surface area contributed by atoms with Gasteiger partial charge < -0.3 is 15.0 Å². The average molecular weight is 272 g/mol. The van der Waals surface area contributed by atoms with Gasteiger partial charge in [-0.05, 0) is 31.8 Å². The van der Waals surface area contributed by atoms with Crippen LogP contribution in [0.1, 0.15) is 19.4 Å². The zero-order valence-electron chi connectivity index (χ0n) is 12.0. The highest BCUT2D eigenvalue weighted by Gasteiger charge is 2.12. The Kier molecular flexibility index (Phi) is 6.18. The number of hydrogen-bond donors (Lipinski definition) is 1. The molecule has 0 bridgehead atoms. The molecule has 0 radical (unpaired) electrons. The minimum Gasteiger partial charge on any atom is -0.486 e. The van der Waals surface area contributed by atoms with E-state index >= 15 is 0 Å². The van der Waals surface area contributed by atoms with Crippen LogP contribution >= 0.6 is 0 Å². The lowest BCUT2D eigenvalue weighted by Gasteiger charge is -2.13. The van der Waals surface area contributed by atoms with Gasteiger partial charge in [0.2, 0.25) is 0 Å². The molecule has 5 heteroatoms. The van der Waals surface area contributed by atoms with Gasteiger partial charge in [0.05, 0.1) is 0 Å². The number of rotatable bonds is 7. The summed E-state index contributed by atoms with van der Waals surface area (Å²) >= 11 is 0. The summed E-state index contributed by atoms with van der Waals surface area (Å²) in [4.78, 5) is 1.89. The average Bonchev–Trinajstić information content (AvgIpc) is 2.29. The van der Waals surface area contributed by atoms with E-state index in [1.54, 1.807) is 0 Å². The fourth-order valence-corrected chi connectivity index (χ4v) is 1.50. The van der Waals surface area contributed by atoms with Gasteiger partial charge in [0, 0.05) is 19.1 Å². The summed E-state index contributed by atoms with van der Waals surface area (Å²) in [5.74, 6) is -1.60. The van der Waals surface area contributed by atoms with Crippen LogP contribution in [0.3, 0.4) is 0 Å². The first-order valence-corrected chi connectivity index (χ1v) is 6.39. The molecule has 0 aliphatic heterocycles. The third-order valence-electron chi connectivity index (χ3n) is 2.56. The van der Waals surface area contributed by atoms with Crippen LogP contribution in [0.5, 0.6) is 5.75 Å². The van der Waals surface area contributed by atoms with Gasteiger partial charge in [-0.1, -0.05) is 13.8 Å². The second-order valence-corrected chi connectivity index (χ2v) is 5.08. The Morgan fingerprint density at radius 1 is 1.21 bits per heavy atom. The molecule has 1 N–H and O–H groups in total. The fraction of sp³-hybridized carbons (Fsp3) is 0.571. The van der Waals surface area contributed by atoms with Crippen LogP contribution in [0.2, 0.25) is 0 Å². The molecular formula is C14H22F2N2O. The minimum atomic E-state index is -0.653. The highest BCUT2D eigenvalue weighted by Crippen LogP contribution is 2.23. The molecule has 1 aromatic rings. The first-order chi connectivity index (χ1) is 8.90. The van der Waals surface area contributed by atoms with Crippen molar-refractivity contribution in [1.29, 1.82) is 0 Å². The molecule has 1 aromatic carbocycles. The summed E-state index contributed by atoms with van der Waals surface area (Å²) in [5, 5.41) is 3.11. The number of hydrogen-bond acceptors (Lipinski definition) is 3. The summed E-state index contributed by atoms with van der Waals surface area (Å²) in [6.07, 6.45) is 0. The van der Waals surface area contributed by atoms with E-state index < -0.39 is 11.6 Å². The Morgan fingerprint density at radius 2 is 1.79 bits per heavy atom. The number of halogens is 2. The van der Waals surface area contributed by atoms with Gasteiger partial charge in [-0.25, -0.2) is 8.78 Å². The summed E-state index contributed by atoms with van der Waals surface area (Å²) in [6.45, 7) is 5.25. The zero-order chi connectivity index (χ0) is 14.4. The lowest BCUT2D eigenvalue weighted by atomic mass is 10.2. The van der Waals surface area contributed by atoms with E-state index in [1.165, 1.54) is 12.1 Å². The van der Waals surface area contributed by atoms with Gasteiger partial charge in [0.25, 0.3) is 0 Å². The molecule has 3 nitrogen and oxygen atoms in total. The molecule has 0 unspecified atom stereocenters. The van der Waals surface area contributed by atoms with Crippen molar-refractivity contribution in [1.82, 2.24) is 10.2 Å². The molecule has 0 atom stereocenters. The molecule has 1 rings (SSSR count). The molecular weight excluding hydrogens is 250 g/mol. The molecule has 0 spiro atoms. The number of nitrogens with one attached hydrogen (secondary N) is 1. The maximum absolute atomic E-state index is 13.8. The van der Waals surface area contributed by atoms with E-state index in [0.717, 1.165) is 0 Å². The van der Waals surface area contributed by atoms with E-state index in [4.69, 9.17) is 4.74 Å². The van der Waals surface area contributed by atoms with E-state index in [9.17, 15) is 8.78 Å². The molecule has 0 saturated heterocycles. The fourth-order valence-electron chi connectivity index (χ4n) is 1.50. The topological polar surface area (TPSA) is 24.5 Å². The van der Waals surface area contributed by atoms with Crippen molar-refractivity contribution in [2.45, 2.75) is 26.4 Å². The summed E-state index contributed by atoms with van der Waals surface area (Å²) in [6, 6.07) is 2.88. The Labute approximate surface area is 113 Å². The molecule has 0 aliphatic rings. The predicted octanol–water partition coefficient (Wildman–Crippen LogP) is 2.40. The maximum atomic E-state index is 13.8. The maximum Gasteiger partial charge on any atom is 0.190 e. The Hall–Kier alpha value is -1.20. The van der Waals surface area contributed by atoms with E-state index in [2.05, 4.69) is 5.32 Å². The molecule has 0 aliphatic carbocycles. The minimum absolute atomic E-state index is 0.254. The van der Waals surface area contributed by atoms with Crippen molar-refractivity contribution in [3.63, 3.8) is 0 Å². The number of likely N-dealkylation sites (N-methyl/N-ethyl adjacent to an activating group) is 1. The zero-order valence-corrected chi connectivity index (χ0v) is 12.0. The first kappa shape index (κ1) is 15.9. The van der Waals surface area contributed by atoms with Crippen LogP contribution in [0.15, 0.2) is 12.1 Å². The largest absolute Gasteiger partial charge is 0.486 e. The smallest absolute Gasteiger partial charge is 0.190 e. The van der Waals surface area contributed by atoms with Crippen molar-refractivity contribution in [3.8, 4) is 5.75 Å². The van der Waals surface area contributed by atoms with E-state index in [1.807, 2.05) is 32.8 Å². The summed E-state index contributed by atoms with van der Waals surface area (Å²) in [5.41, 5.74) is 0.573. The number of ether oxygens (including phenoxy) is 1. The third-order valence-corrected chi connectivity index (χ3v) is 2.56. The molecule has 0 heterocycles. The quantitative estimate of drug-likeness (QED) is 0.825. The van der Waals surface area contributed by atoms with Crippen molar-refractivity contribution in [2.24, 2.45) is 0 Å². The van der Waals surface area contributed by atoms with Gasteiger partial charge in [-0.2, -0.15) is 0 Å². The van der Waals surface area contributed by atoms with Crippen LogP contribution in [-0.2, 0) is 6.54 Å². The lowest BCUT2D eigenvalue weighted by molar-refractivity contribution is 0.242. The molecule has 0 saturated carbocycles. The summed E-state index contributed by atoms with van der Waals surface area (Å²) in [7, 11) is 3.74. The molecule has 0 amide bonds. The van der Waals surface area contributed by atoms with E-state index in [-0.39, 0.29) is 18.4 Å². The summed E-state index contributed by atoms with van der Waals surface area (Å²) < 4.78 is 32.7. The van der Waals surface area contributed by atoms with Crippen LogP contribution in [0, 0.1) is 11.6 Å². The van der Waals surface area contributed by atoms with Crippen LogP contribution in [0.25, 0.3) is 0 Å². The number of benzene rings is 1. The van der Waals surface area contributed by atoms with Crippen molar-refractivity contribution >= 4 is 0 Å². The highest BCUT2D eigenvalue weighted by molar-refractivity contribution is 5.31.